The van der Waals surface area contributed by atoms with Crippen LogP contribution in [0, 0.1) is 5.92 Å². The van der Waals surface area contributed by atoms with Crippen LogP contribution in [0.1, 0.15) is 41.9 Å². The maximum absolute atomic E-state index is 12.7. The minimum atomic E-state index is -3.53. The van der Waals surface area contributed by atoms with Gasteiger partial charge in [-0.15, -0.1) is 11.3 Å². The molecule has 1 unspecified atom stereocenters. The van der Waals surface area contributed by atoms with Gasteiger partial charge < -0.3 is 10.2 Å². The maximum Gasteiger partial charge on any atom is 0.263 e. The Kier molecular flexibility index (Phi) is 7.51. The van der Waals surface area contributed by atoms with Crippen LogP contribution in [-0.4, -0.2) is 55.6 Å². The molecule has 1 atom stereocenters. The summed E-state index contributed by atoms with van der Waals surface area (Å²) in [5.74, 6) is -0.340. The Morgan fingerprint density at radius 1 is 1.23 bits per heavy atom. The van der Waals surface area contributed by atoms with E-state index in [9.17, 15) is 18.0 Å². The summed E-state index contributed by atoms with van der Waals surface area (Å²) in [5.41, 5.74) is 0.821. The lowest BCUT2D eigenvalue weighted by atomic mass is 9.97. The molecule has 0 spiro atoms. The van der Waals surface area contributed by atoms with Gasteiger partial charge in [-0.2, -0.15) is 4.31 Å². The van der Waals surface area contributed by atoms with E-state index in [1.54, 1.807) is 42.3 Å². The minimum absolute atomic E-state index is 0.0179. The Labute approximate surface area is 188 Å². The number of benzene rings is 1. The van der Waals surface area contributed by atoms with Crippen molar-refractivity contribution in [2.24, 2.45) is 5.92 Å². The zero-order valence-electron chi connectivity index (χ0n) is 18.1. The van der Waals surface area contributed by atoms with Crippen LogP contribution in [0.2, 0.25) is 0 Å². The first-order valence-corrected chi connectivity index (χ1v) is 12.7. The summed E-state index contributed by atoms with van der Waals surface area (Å²) in [4.78, 5) is 27.9. The molecule has 31 heavy (non-hydrogen) atoms. The first kappa shape index (κ1) is 23.4. The number of hydrogen-bond donors (Lipinski definition) is 1. The topological polar surface area (TPSA) is 86.8 Å². The molecule has 2 aromatic rings. The van der Waals surface area contributed by atoms with E-state index in [4.69, 9.17) is 0 Å². The van der Waals surface area contributed by atoms with Crippen molar-refractivity contribution in [1.29, 1.82) is 0 Å². The van der Waals surface area contributed by atoms with Gasteiger partial charge in [0, 0.05) is 32.7 Å². The Morgan fingerprint density at radius 2 is 1.94 bits per heavy atom. The summed E-state index contributed by atoms with van der Waals surface area (Å²) in [6, 6.07) is 10.1. The molecule has 1 saturated heterocycles. The van der Waals surface area contributed by atoms with Crippen LogP contribution < -0.4 is 5.32 Å². The number of hydrogen-bond acceptors (Lipinski definition) is 5. The molecular formula is C22H29N3O4S2. The highest BCUT2D eigenvalue weighted by molar-refractivity contribution is 7.89. The number of nitrogens with zero attached hydrogens (tertiary/aromatic N) is 2. The van der Waals surface area contributed by atoms with Crippen LogP contribution in [0.3, 0.4) is 0 Å². The van der Waals surface area contributed by atoms with Gasteiger partial charge in [0.05, 0.1) is 15.7 Å². The highest BCUT2D eigenvalue weighted by Gasteiger charge is 2.29. The highest BCUT2D eigenvalue weighted by Crippen LogP contribution is 2.21. The molecule has 0 bridgehead atoms. The molecule has 7 nitrogen and oxygen atoms in total. The van der Waals surface area contributed by atoms with Crippen molar-refractivity contribution in [1.82, 2.24) is 14.5 Å². The van der Waals surface area contributed by atoms with E-state index in [0.717, 1.165) is 18.4 Å². The normalized spacial score (nSPS) is 17.2. The second kappa shape index (κ2) is 9.93. The average Bonchev–Trinajstić information content (AvgIpc) is 3.31. The summed E-state index contributed by atoms with van der Waals surface area (Å²) in [5, 5.41) is 4.80. The largest absolute Gasteiger partial charge is 0.352 e. The first-order valence-electron chi connectivity index (χ1n) is 10.4. The maximum atomic E-state index is 12.7. The van der Waals surface area contributed by atoms with Gasteiger partial charge in [0.2, 0.25) is 15.9 Å². The van der Waals surface area contributed by atoms with Gasteiger partial charge in [0.15, 0.2) is 0 Å². The van der Waals surface area contributed by atoms with Crippen molar-refractivity contribution in [2.75, 3.05) is 20.1 Å². The lowest BCUT2D eigenvalue weighted by molar-refractivity contribution is -0.126. The smallest absolute Gasteiger partial charge is 0.263 e. The van der Waals surface area contributed by atoms with Gasteiger partial charge in [-0.3, -0.25) is 9.59 Å². The lowest BCUT2D eigenvalue weighted by Crippen LogP contribution is -2.45. The van der Waals surface area contributed by atoms with Crippen LogP contribution in [0.5, 0.6) is 0 Å². The molecule has 0 aliphatic carbocycles. The van der Waals surface area contributed by atoms with Crippen LogP contribution in [-0.2, 0) is 21.4 Å². The van der Waals surface area contributed by atoms with E-state index in [2.05, 4.69) is 5.32 Å². The van der Waals surface area contributed by atoms with Crippen molar-refractivity contribution in [3.05, 3.63) is 52.2 Å². The van der Waals surface area contributed by atoms with E-state index in [1.807, 2.05) is 25.3 Å². The van der Waals surface area contributed by atoms with E-state index in [-0.39, 0.29) is 28.7 Å². The molecular weight excluding hydrogens is 434 g/mol. The monoisotopic (exact) mass is 463 g/mol. The zero-order chi connectivity index (χ0) is 22.6. The quantitative estimate of drug-likeness (QED) is 0.684. The third kappa shape index (κ3) is 5.53. The number of rotatable bonds is 7. The molecule has 1 aliphatic heterocycles. The summed E-state index contributed by atoms with van der Waals surface area (Å²) >= 11 is 1.41. The molecule has 0 radical (unpaired) electrons. The number of piperidine rings is 1. The molecule has 1 N–H and O–H groups in total. The fourth-order valence-electron chi connectivity index (χ4n) is 3.49. The molecule has 1 aromatic heterocycles. The van der Waals surface area contributed by atoms with Crippen molar-refractivity contribution in [3.63, 3.8) is 0 Å². The number of sulfonamides is 1. The number of carbonyl (C=O) groups excluding carboxylic acids is 2. The summed E-state index contributed by atoms with van der Waals surface area (Å²) in [6.07, 6.45) is 1.55. The van der Waals surface area contributed by atoms with Gasteiger partial charge in [-0.1, -0.05) is 18.2 Å². The van der Waals surface area contributed by atoms with E-state index < -0.39 is 10.0 Å². The first-order chi connectivity index (χ1) is 14.7. The molecule has 1 aliphatic rings. The van der Waals surface area contributed by atoms with Crippen molar-refractivity contribution < 1.29 is 18.0 Å². The number of nitrogens with one attached hydrogen (secondary N) is 1. The number of likely N-dealkylation sites (tertiary alicyclic amines) is 1. The Morgan fingerprint density at radius 3 is 2.55 bits per heavy atom. The van der Waals surface area contributed by atoms with E-state index in [1.165, 1.54) is 15.6 Å². The fourth-order valence-corrected chi connectivity index (χ4v) is 5.55. The molecule has 9 heteroatoms. The molecule has 0 saturated carbocycles. The van der Waals surface area contributed by atoms with Gasteiger partial charge in [0.1, 0.15) is 0 Å². The lowest BCUT2D eigenvalue weighted by Gasteiger charge is -2.31. The van der Waals surface area contributed by atoms with Crippen LogP contribution >= 0.6 is 11.3 Å². The van der Waals surface area contributed by atoms with Gasteiger partial charge >= 0.3 is 0 Å². The summed E-state index contributed by atoms with van der Waals surface area (Å²) in [6.45, 7) is 5.04. The summed E-state index contributed by atoms with van der Waals surface area (Å²) in [7, 11) is -1.97. The molecule has 2 amide bonds. The SMILES string of the molecule is CC(C)N(C)S(=O)(=O)c1ccc(CNC(=O)C2CCCN(C(=O)c3cccs3)C2)cc1. The third-order valence-electron chi connectivity index (χ3n) is 5.61. The Balaban J connectivity index is 1.56. The second-order valence-electron chi connectivity index (χ2n) is 8.04. The molecule has 168 valence electrons. The van der Waals surface area contributed by atoms with Crippen molar-refractivity contribution in [3.8, 4) is 0 Å². The number of amides is 2. The summed E-state index contributed by atoms with van der Waals surface area (Å²) < 4.78 is 26.4. The fraction of sp³-hybridized carbons (Fsp3) is 0.455. The van der Waals surface area contributed by atoms with Crippen LogP contribution in [0.4, 0.5) is 0 Å². The molecule has 2 heterocycles. The standard InChI is InChI=1S/C22H29N3O4S2/c1-16(2)24(3)31(28,29)19-10-8-17(9-11-19)14-23-21(26)18-6-4-12-25(15-18)22(27)20-7-5-13-30-20/h5,7-11,13,16,18H,4,6,12,14-15H2,1-3H3,(H,23,26). The Bertz CT molecular complexity index is 1000. The molecule has 3 rings (SSSR count). The molecule has 1 aromatic carbocycles. The Hall–Kier alpha value is -2.23. The van der Waals surface area contributed by atoms with Crippen molar-refractivity contribution >= 4 is 33.2 Å². The van der Waals surface area contributed by atoms with E-state index >= 15 is 0 Å². The highest BCUT2D eigenvalue weighted by atomic mass is 32.2. The van der Waals surface area contributed by atoms with Crippen LogP contribution in [0.15, 0.2) is 46.7 Å². The van der Waals surface area contributed by atoms with Gasteiger partial charge in [0.25, 0.3) is 5.91 Å². The van der Waals surface area contributed by atoms with Crippen LogP contribution in [0.25, 0.3) is 0 Å². The second-order valence-corrected chi connectivity index (χ2v) is 11.0. The third-order valence-corrected chi connectivity index (χ3v) is 8.51. The van der Waals surface area contributed by atoms with Gasteiger partial charge in [-0.25, -0.2) is 8.42 Å². The number of carbonyl (C=O) groups is 2. The molecule has 1 fully saturated rings. The average molecular weight is 464 g/mol. The van der Waals surface area contributed by atoms with E-state index in [0.29, 0.717) is 24.5 Å². The number of thiophene rings is 1. The zero-order valence-corrected chi connectivity index (χ0v) is 19.7. The predicted molar refractivity (Wildman–Crippen MR) is 121 cm³/mol. The minimum Gasteiger partial charge on any atom is -0.352 e. The van der Waals surface area contributed by atoms with Gasteiger partial charge in [-0.05, 0) is 55.8 Å². The van der Waals surface area contributed by atoms with Crippen molar-refractivity contribution in [2.45, 2.75) is 44.2 Å². The predicted octanol–water partition coefficient (Wildman–Crippen LogP) is 2.95.